The number of carbonyl (C=O) groups is 1. The Bertz CT molecular complexity index is 1550. The van der Waals surface area contributed by atoms with Crippen LogP contribution in [0, 0.1) is 25.7 Å². The Kier molecular flexibility index (Phi) is 10.6. The van der Waals surface area contributed by atoms with Gasteiger partial charge in [-0.3, -0.25) is 4.79 Å². The fraction of sp³-hybridized carbons (Fsp3) is 0.333. The maximum absolute atomic E-state index is 12.9. The van der Waals surface area contributed by atoms with Crippen LogP contribution in [0.1, 0.15) is 60.4 Å². The molecule has 1 aromatic heterocycles. The number of carbonyl (C=O) groups excluding carboxylic acids is 1. The monoisotopic (exact) mass is 589 g/mol. The number of aromatic nitrogens is 3. The summed E-state index contributed by atoms with van der Waals surface area (Å²) in [4.78, 5) is 27.0. The molecule has 8 nitrogen and oxygen atoms in total. The van der Waals surface area contributed by atoms with Gasteiger partial charge >= 0.3 is 0 Å². The minimum Gasteiger partial charge on any atom is -0.354 e. The molecule has 8 heteroatoms. The standard InChI is InChI=1S/C36H43N7O/c1-4-9-27-16-20-32(21-17-27)40-33(44)30-18-14-29(15-19-30)23-38-35-41-34(37-22-28-11-6-5-7-12-28)42-36(43-35)39-24-31-13-8-10-25(2)26(31)3/h4-13,16-17,20-21,29-30H,14-15,18-19,22-24H2,1-3H3,(H,40,44)(H3,37,38,39,41,42,43)/b9-4-. The molecule has 4 aromatic rings. The van der Waals surface area contributed by atoms with Crippen molar-refractivity contribution < 1.29 is 4.79 Å². The molecule has 0 radical (unpaired) electrons. The fourth-order valence-corrected chi connectivity index (χ4v) is 5.55. The van der Waals surface area contributed by atoms with Gasteiger partial charge < -0.3 is 21.3 Å². The SMILES string of the molecule is C/C=C\c1ccc(NC(=O)C2CCC(CNc3nc(NCc4ccccc4)nc(NCc4cccc(C)c4C)n3)CC2)cc1. The topological polar surface area (TPSA) is 104 Å². The van der Waals surface area contributed by atoms with Gasteiger partial charge in [-0.1, -0.05) is 72.8 Å². The van der Waals surface area contributed by atoms with Crippen LogP contribution in [0.3, 0.4) is 0 Å². The first-order valence-electron chi connectivity index (χ1n) is 15.6. The third-order valence-corrected chi connectivity index (χ3v) is 8.39. The highest BCUT2D eigenvalue weighted by Gasteiger charge is 2.26. The van der Waals surface area contributed by atoms with Gasteiger partial charge in [-0.05, 0) is 92.3 Å². The van der Waals surface area contributed by atoms with Crippen LogP contribution in [-0.2, 0) is 17.9 Å². The number of rotatable bonds is 12. The van der Waals surface area contributed by atoms with Crippen molar-refractivity contribution in [2.75, 3.05) is 27.8 Å². The van der Waals surface area contributed by atoms with Crippen molar-refractivity contribution in [3.63, 3.8) is 0 Å². The number of allylic oxidation sites excluding steroid dienone is 1. The minimum atomic E-state index is 0.0355. The highest BCUT2D eigenvalue weighted by atomic mass is 16.1. The summed E-state index contributed by atoms with van der Waals surface area (Å²) in [5.74, 6) is 2.19. The van der Waals surface area contributed by atoms with Crippen molar-refractivity contribution in [3.05, 3.63) is 107 Å². The van der Waals surface area contributed by atoms with Crippen LogP contribution in [-0.4, -0.2) is 27.4 Å². The van der Waals surface area contributed by atoms with E-state index in [1.807, 2.05) is 61.5 Å². The predicted molar refractivity (Wildman–Crippen MR) is 181 cm³/mol. The molecule has 228 valence electrons. The van der Waals surface area contributed by atoms with E-state index < -0.39 is 0 Å². The number of amides is 1. The Balaban J connectivity index is 1.17. The maximum atomic E-state index is 12.9. The molecule has 0 saturated heterocycles. The molecular formula is C36H43N7O. The summed E-state index contributed by atoms with van der Waals surface area (Å²) in [5, 5.41) is 13.3. The predicted octanol–water partition coefficient (Wildman–Crippen LogP) is 7.60. The van der Waals surface area contributed by atoms with Crippen molar-refractivity contribution in [1.29, 1.82) is 0 Å². The summed E-state index contributed by atoms with van der Waals surface area (Å²) in [5.41, 5.74) is 6.87. The number of hydrogen-bond acceptors (Lipinski definition) is 7. The van der Waals surface area contributed by atoms with Gasteiger partial charge in [0, 0.05) is 31.2 Å². The Morgan fingerprint density at radius 3 is 2.11 bits per heavy atom. The summed E-state index contributed by atoms with van der Waals surface area (Å²) in [6.45, 7) is 8.25. The van der Waals surface area contributed by atoms with Gasteiger partial charge in [0.05, 0.1) is 0 Å². The number of hydrogen-bond donors (Lipinski definition) is 4. The molecule has 44 heavy (non-hydrogen) atoms. The molecule has 0 atom stereocenters. The quantitative estimate of drug-likeness (QED) is 0.135. The molecule has 1 heterocycles. The van der Waals surface area contributed by atoms with Crippen LogP contribution in [0.2, 0.25) is 0 Å². The summed E-state index contributed by atoms with van der Waals surface area (Å²) in [7, 11) is 0. The molecule has 4 N–H and O–H groups in total. The van der Waals surface area contributed by atoms with E-state index in [0.29, 0.717) is 36.9 Å². The number of benzene rings is 3. The molecule has 1 saturated carbocycles. The van der Waals surface area contributed by atoms with Crippen LogP contribution in [0.15, 0.2) is 78.9 Å². The molecule has 0 spiro atoms. The molecule has 1 amide bonds. The zero-order valence-corrected chi connectivity index (χ0v) is 25.9. The van der Waals surface area contributed by atoms with E-state index in [-0.39, 0.29) is 11.8 Å². The Hall–Kier alpha value is -4.72. The lowest BCUT2D eigenvalue weighted by Crippen LogP contribution is -2.29. The molecular weight excluding hydrogens is 546 g/mol. The van der Waals surface area contributed by atoms with Gasteiger partial charge in [0.25, 0.3) is 0 Å². The molecule has 0 aliphatic heterocycles. The Morgan fingerprint density at radius 1 is 0.773 bits per heavy atom. The highest BCUT2D eigenvalue weighted by Crippen LogP contribution is 2.30. The third-order valence-electron chi connectivity index (χ3n) is 8.39. The Morgan fingerprint density at radius 2 is 1.43 bits per heavy atom. The van der Waals surface area contributed by atoms with Crippen LogP contribution < -0.4 is 21.3 Å². The summed E-state index contributed by atoms with van der Waals surface area (Å²) in [6.07, 6.45) is 7.76. The van der Waals surface area contributed by atoms with Crippen LogP contribution in [0.4, 0.5) is 23.5 Å². The average Bonchev–Trinajstić information content (AvgIpc) is 3.05. The lowest BCUT2D eigenvalue weighted by atomic mass is 9.81. The molecule has 1 fully saturated rings. The molecule has 1 aliphatic carbocycles. The first-order chi connectivity index (χ1) is 21.5. The lowest BCUT2D eigenvalue weighted by Gasteiger charge is -2.28. The number of nitrogens with zero attached hydrogens (tertiary/aromatic N) is 3. The van der Waals surface area contributed by atoms with Crippen LogP contribution in [0.5, 0.6) is 0 Å². The summed E-state index contributed by atoms with van der Waals surface area (Å²) >= 11 is 0. The summed E-state index contributed by atoms with van der Waals surface area (Å²) in [6, 6.07) is 24.5. The van der Waals surface area contributed by atoms with E-state index in [1.54, 1.807) is 0 Å². The molecule has 1 aliphatic rings. The van der Waals surface area contributed by atoms with Crippen molar-refractivity contribution in [2.24, 2.45) is 11.8 Å². The number of anilines is 4. The smallest absolute Gasteiger partial charge is 0.229 e. The van der Waals surface area contributed by atoms with Gasteiger partial charge in [-0.2, -0.15) is 15.0 Å². The molecule has 0 bridgehead atoms. The van der Waals surface area contributed by atoms with Gasteiger partial charge in [0.1, 0.15) is 0 Å². The van der Waals surface area contributed by atoms with E-state index in [1.165, 1.54) is 16.7 Å². The van der Waals surface area contributed by atoms with Crippen LogP contribution >= 0.6 is 0 Å². The molecule has 0 unspecified atom stereocenters. The van der Waals surface area contributed by atoms with E-state index in [4.69, 9.17) is 4.98 Å². The largest absolute Gasteiger partial charge is 0.354 e. The van der Waals surface area contributed by atoms with Crippen molar-refractivity contribution >= 4 is 35.5 Å². The average molecular weight is 590 g/mol. The van der Waals surface area contributed by atoms with Gasteiger partial charge in [0.15, 0.2) is 0 Å². The first-order valence-corrected chi connectivity index (χ1v) is 15.6. The number of nitrogens with one attached hydrogen (secondary N) is 4. The van der Waals surface area contributed by atoms with Crippen molar-refractivity contribution in [3.8, 4) is 0 Å². The Labute approximate surface area is 260 Å². The first kappa shape index (κ1) is 30.7. The minimum absolute atomic E-state index is 0.0355. The van der Waals surface area contributed by atoms with E-state index >= 15 is 0 Å². The van der Waals surface area contributed by atoms with Gasteiger partial charge in [-0.25, -0.2) is 0 Å². The van der Waals surface area contributed by atoms with Gasteiger partial charge in [0.2, 0.25) is 23.8 Å². The van der Waals surface area contributed by atoms with E-state index in [2.05, 4.69) is 75.4 Å². The second-order valence-electron chi connectivity index (χ2n) is 11.6. The zero-order valence-electron chi connectivity index (χ0n) is 25.9. The van der Waals surface area contributed by atoms with Gasteiger partial charge in [-0.15, -0.1) is 0 Å². The second kappa shape index (κ2) is 15.1. The van der Waals surface area contributed by atoms with E-state index in [0.717, 1.165) is 49.0 Å². The van der Waals surface area contributed by atoms with Crippen molar-refractivity contribution in [2.45, 2.75) is 59.5 Å². The normalized spacial score (nSPS) is 16.4. The fourth-order valence-electron chi connectivity index (χ4n) is 5.55. The second-order valence-corrected chi connectivity index (χ2v) is 11.6. The highest BCUT2D eigenvalue weighted by molar-refractivity contribution is 5.92. The molecule has 5 rings (SSSR count). The molecule has 3 aromatic carbocycles. The van der Waals surface area contributed by atoms with Crippen molar-refractivity contribution in [1.82, 2.24) is 15.0 Å². The summed E-state index contributed by atoms with van der Waals surface area (Å²) < 4.78 is 0. The lowest BCUT2D eigenvalue weighted by molar-refractivity contribution is -0.121. The third kappa shape index (κ3) is 8.66. The maximum Gasteiger partial charge on any atom is 0.229 e. The zero-order chi connectivity index (χ0) is 30.7. The number of aryl methyl sites for hydroxylation is 1. The van der Waals surface area contributed by atoms with E-state index in [9.17, 15) is 4.79 Å². The van der Waals surface area contributed by atoms with Crippen LogP contribution in [0.25, 0.3) is 6.08 Å².